The van der Waals surface area contributed by atoms with Crippen LogP contribution in [0.5, 0.6) is 0 Å². The Kier molecular flexibility index (Phi) is 5.08. The molecule has 0 spiro atoms. The molecule has 2 unspecified atom stereocenters. The van der Waals surface area contributed by atoms with Crippen molar-refractivity contribution in [3.8, 4) is 0 Å². The van der Waals surface area contributed by atoms with Crippen molar-refractivity contribution in [2.24, 2.45) is 11.8 Å². The fraction of sp³-hybridized carbons (Fsp3) is 0.625. The van der Waals surface area contributed by atoms with Gasteiger partial charge in [0.25, 0.3) is 0 Å². The van der Waals surface area contributed by atoms with Crippen LogP contribution in [0, 0.1) is 11.8 Å². The topological polar surface area (TPSA) is 33.2 Å². The molecule has 2 atom stereocenters. The van der Waals surface area contributed by atoms with Gasteiger partial charge in [-0.25, -0.2) is 0 Å². The summed E-state index contributed by atoms with van der Waals surface area (Å²) in [6.45, 7) is 4.17. The second kappa shape index (κ2) is 6.80. The molecule has 2 rings (SSSR count). The Hall–Kier alpha value is -1.22. The van der Waals surface area contributed by atoms with E-state index in [0.717, 1.165) is 38.8 Å². The SMILES string of the molecule is CC1CCC(=O)C(CN(C)CCc2ccncc2)C1. The summed E-state index contributed by atoms with van der Waals surface area (Å²) in [4.78, 5) is 18.2. The normalized spacial score (nSPS) is 23.8. The maximum absolute atomic E-state index is 11.9. The molecule has 0 bridgehead atoms. The molecule has 1 heterocycles. The van der Waals surface area contributed by atoms with Gasteiger partial charge in [-0.2, -0.15) is 0 Å². The Balaban J connectivity index is 1.77. The van der Waals surface area contributed by atoms with E-state index in [-0.39, 0.29) is 5.92 Å². The smallest absolute Gasteiger partial charge is 0.137 e. The van der Waals surface area contributed by atoms with Crippen molar-refractivity contribution in [1.82, 2.24) is 9.88 Å². The van der Waals surface area contributed by atoms with Crippen LogP contribution in [-0.4, -0.2) is 35.8 Å². The van der Waals surface area contributed by atoms with Gasteiger partial charge in [0.2, 0.25) is 0 Å². The first-order valence-electron chi connectivity index (χ1n) is 7.25. The van der Waals surface area contributed by atoms with Gasteiger partial charge in [0.15, 0.2) is 0 Å². The maximum Gasteiger partial charge on any atom is 0.137 e. The molecule has 1 aromatic rings. The van der Waals surface area contributed by atoms with E-state index in [9.17, 15) is 4.79 Å². The van der Waals surface area contributed by atoms with Crippen molar-refractivity contribution in [2.45, 2.75) is 32.6 Å². The number of hydrogen-bond donors (Lipinski definition) is 0. The zero-order valence-electron chi connectivity index (χ0n) is 12.0. The lowest BCUT2D eigenvalue weighted by atomic mass is 9.81. The predicted octanol–water partition coefficient (Wildman–Crippen LogP) is 2.56. The Labute approximate surface area is 116 Å². The summed E-state index contributed by atoms with van der Waals surface area (Å²) in [6, 6.07) is 4.11. The second-order valence-corrected chi connectivity index (χ2v) is 5.91. The van der Waals surface area contributed by atoms with Crippen LogP contribution >= 0.6 is 0 Å². The highest BCUT2D eigenvalue weighted by Gasteiger charge is 2.27. The highest BCUT2D eigenvalue weighted by molar-refractivity contribution is 5.81. The average Bonchev–Trinajstić information content (AvgIpc) is 2.42. The summed E-state index contributed by atoms with van der Waals surface area (Å²) >= 11 is 0. The van der Waals surface area contributed by atoms with E-state index in [0.29, 0.717) is 11.7 Å². The quantitative estimate of drug-likeness (QED) is 0.816. The number of likely N-dealkylation sites (N-methyl/N-ethyl adjacent to an activating group) is 1. The monoisotopic (exact) mass is 260 g/mol. The number of carbonyl (C=O) groups excluding carboxylic acids is 1. The zero-order valence-corrected chi connectivity index (χ0v) is 12.0. The number of nitrogens with zero attached hydrogens (tertiary/aromatic N) is 2. The van der Waals surface area contributed by atoms with E-state index in [1.165, 1.54) is 5.56 Å². The lowest BCUT2D eigenvalue weighted by molar-refractivity contribution is -0.126. The van der Waals surface area contributed by atoms with Crippen LogP contribution < -0.4 is 0 Å². The minimum Gasteiger partial charge on any atom is -0.305 e. The Bertz CT molecular complexity index is 404. The lowest BCUT2D eigenvalue weighted by Crippen LogP contribution is -2.35. The molecule has 0 radical (unpaired) electrons. The molecule has 3 heteroatoms. The minimum absolute atomic E-state index is 0.256. The first-order valence-corrected chi connectivity index (χ1v) is 7.25. The van der Waals surface area contributed by atoms with Crippen LogP contribution in [0.4, 0.5) is 0 Å². The first kappa shape index (κ1) is 14.2. The number of aromatic nitrogens is 1. The molecule has 1 saturated carbocycles. The van der Waals surface area contributed by atoms with Crippen LogP contribution in [0.1, 0.15) is 31.7 Å². The summed E-state index contributed by atoms with van der Waals surface area (Å²) in [6.07, 6.45) is 7.62. The van der Waals surface area contributed by atoms with Gasteiger partial charge in [0.05, 0.1) is 0 Å². The highest BCUT2D eigenvalue weighted by Crippen LogP contribution is 2.26. The van der Waals surface area contributed by atoms with Crippen molar-refractivity contribution in [2.75, 3.05) is 20.1 Å². The second-order valence-electron chi connectivity index (χ2n) is 5.91. The molecule has 1 fully saturated rings. The van der Waals surface area contributed by atoms with Gasteiger partial charge in [-0.3, -0.25) is 9.78 Å². The molecular weight excluding hydrogens is 236 g/mol. The number of rotatable bonds is 5. The van der Waals surface area contributed by atoms with E-state index in [2.05, 4.69) is 36.0 Å². The molecule has 0 aliphatic heterocycles. The van der Waals surface area contributed by atoms with Gasteiger partial charge in [0, 0.05) is 37.8 Å². The largest absolute Gasteiger partial charge is 0.305 e. The van der Waals surface area contributed by atoms with Gasteiger partial charge in [-0.05, 0) is 49.9 Å². The third kappa shape index (κ3) is 4.43. The molecule has 19 heavy (non-hydrogen) atoms. The van der Waals surface area contributed by atoms with Crippen LogP contribution in [0.15, 0.2) is 24.5 Å². The maximum atomic E-state index is 11.9. The molecule has 1 aromatic heterocycles. The lowest BCUT2D eigenvalue weighted by Gasteiger charge is -2.29. The van der Waals surface area contributed by atoms with E-state index >= 15 is 0 Å². The first-order chi connectivity index (χ1) is 9.15. The molecule has 0 saturated heterocycles. The standard InChI is InChI=1S/C16H24N2O/c1-13-3-4-16(19)15(11-13)12-18(2)10-7-14-5-8-17-9-6-14/h5-6,8-9,13,15H,3-4,7,10-12H2,1-2H3. The molecular formula is C16H24N2O. The molecule has 1 aliphatic carbocycles. The van der Waals surface area contributed by atoms with Gasteiger partial charge >= 0.3 is 0 Å². The minimum atomic E-state index is 0.256. The van der Waals surface area contributed by atoms with Crippen molar-refractivity contribution >= 4 is 5.78 Å². The van der Waals surface area contributed by atoms with E-state index < -0.39 is 0 Å². The Morgan fingerprint density at radius 3 is 2.84 bits per heavy atom. The number of carbonyl (C=O) groups is 1. The van der Waals surface area contributed by atoms with Gasteiger partial charge < -0.3 is 4.90 Å². The van der Waals surface area contributed by atoms with Gasteiger partial charge in [0.1, 0.15) is 5.78 Å². The third-order valence-corrected chi connectivity index (χ3v) is 4.09. The van der Waals surface area contributed by atoms with Gasteiger partial charge in [-0.15, -0.1) is 0 Å². The summed E-state index contributed by atoms with van der Waals surface area (Å²) < 4.78 is 0. The highest BCUT2D eigenvalue weighted by atomic mass is 16.1. The molecule has 0 aromatic carbocycles. The van der Waals surface area contributed by atoms with Gasteiger partial charge in [-0.1, -0.05) is 6.92 Å². The van der Waals surface area contributed by atoms with Crippen molar-refractivity contribution in [3.05, 3.63) is 30.1 Å². The van der Waals surface area contributed by atoms with Crippen molar-refractivity contribution in [3.63, 3.8) is 0 Å². The van der Waals surface area contributed by atoms with Crippen LogP contribution in [0.25, 0.3) is 0 Å². The summed E-state index contributed by atoms with van der Waals surface area (Å²) in [7, 11) is 2.12. The molecule has 1 aliphatic rings. The summed E-state index contributed by atoms with van der Waals surface area (Å²) in [5.74, 6) is 1.43. The fourth-order valence-corrected chi connectivity index (χ4v) is 2.84. The number of hydrogen-bond acceptors (Lipinski definition) is 3. The third-order valence-electron chi connectivity index (χ3n) is 4.09. The van der Waals surface area contributed by atoms with Crippen LogP contribution in [-0.2, 0) is 11.2 Å². The fourth-order valence-electron chi connectivity index (χ4n) is 2.84. The number of Topliss-reactive ketones (excluding diaryl/α,β-unsaturated/α-hetero) is 1. The van der Waals surface area contributed by atoms with E-state index in [1.54, 1.807) is 0 Å². The Morgan fingerprint density at radius 1 is 1.37 bits per heavy atom. The number of pyridine rings is 1. The number of ketones is 1. The Morgan fingerprint density at radius 2 is 2.11 bits per heavy atom. The van der Waals surface area contributed by atoms with Crippen molar-refractivity contribution < 1.29 is 4.79 Å². The van der Waals surface area contributed by atoms with E-state index in [4.69, 9.17) is 0 Å². The molecule has 0 amide bonds. The zero-order chi connectivity index (χ0) is 13.7. The summed E-state index contributed by atoms with van der Waals surface area (Å²) in [5.41, 5.74) is 1.31. The molecule has 104 valence electrons. The summed E-state index contributed by atoms with van der Waals surface area (Å²) in [5, 5.41) is 0. The molecule has 3 nitrogen and oxygen atoms in total. The predicted molar refractivity (Wildman–Crippen MR) is 77.0 cm³/mol. The van der Waals surface area contributed by atoms with Crippen LogP contribution in [0.2, 0.25) is 0 Å². The van der Waals surface area contributed by atoms with Crippen LogP contribution in [0.3, 0.4) is 0 Å². The van der Waals surface area contributed by atoms with E-state index in [1.807, 2.05) is 12.4 Å². The molecule has 0 N–H and O–H groups in total. The van der Waals surface area contributed by atoms with Crippen molar-refractivity contribution in [1.29, 1.82) is 0 Å². The average molecular weight is 260 g/mol.